The Kier molecular flexibility index (Phi) is 9.02. The van der Waals surface area contributed by atoms with Crippen molar-refractivity contribution in [1.29, 1.82) is 0 Å². The van der Waals surface area contributed by atoms with Crippen molar-refractivity contribution in [3.63, 3.8) is 0 Å². The highest BCUT2D eigenvalue weighted by molar-refractivity contribution is 9.10. The molecule has 164 valence electrons. The van der Waals surface area contributed by atoms with Crippen molar-refractivity contribution in [2.45, 2.75) is 28.5 Å². The highest BCUT2D eigenvalue weighted by Crippen LogP contribution is 2.26. The SMILES string of the molecule is O=C(CCNS(=O)(=O)c1ccc(Br)cc1)Nc1nnc(SCCCc2ccccc2)s1. The van der Waals surface area contributed by atoms with Crippen molar-refractivity contribution in [1.82, 2.24) is 14.9 Å². The summed E-state index contributed by atoms with van der Waals surface area (Å²) in [5.41, 5.74) is 1.31. The molecule has 0 fully saturated rings. The summed E-state index contributed by atoms with van der Waals surface area (Å²) in [5.74, 6) is 0.588. The second kappa shape index (κ2) is 11.7. The Bertz CT molecular complexity index is 1090. The molecule has 3 rings (SSSR count). The molecule has 0 unspecified atom stereocenters. The predicted molar refractivity (Wildman–Crippen MR) is 128 cm³/mol. The van der Waals surface area contributed by atoms with E-state index in [9.17, 15) is 13.2 Å². The van der Waals surface area contributed by atoms with Gasteiger partial charge in [0, 0.05) is 23.2 Å². The molecule has 0 atom stereocenters. The first-order chi connectivity index (χ1) is 14.9. The molecule has 11 heteroatoms. The lowest BCUT2D eigenvalue weighted by molar-refractivity contribution is -0.116. The van der Waals surface area contributed by atoms with Crippen molar-refractivity contribution < 1.29 is 13.2 Å². The van der Waals surface area contributed by atoms with E-state index in [1.165, 1.54) is 29.0 Å². The van der Waals surface area contributed by atoms with Crippen LogP contribution < -0.4 is 10.0 Å². The Hall–Kier alpha value is -1.79. The van der Waals surface area contributed by atoms with Gasteiger partial charge in [0.05, 0.1) is 4.90 Å². The van der Waals surface area contributed by atoms with Crippen molar-refractivity contribution in [2.75, 3.05) is 17.6 Å². The molecule has 0 radical (unpaired) electrons. The zero-order valence-corrected chi connectivity index (χ0v) is 20.5. The maximum atomic E-state index is 12.2. The van der Waals surface area contributed by atoms with Gasteiger partial charge in [0.15, 0.2) is 4.34 Å². The maximum absolute atomic E-state index is 12.2. The standard InChI is InChI=1S/C20H21BrN4O3S3/c21-16-8-10-17(11-9-16)31(27,28)22-13-12-18(26)23-19-24-25-20(30-19)29-14-4-7-15-5-2-1-3-6-15/h1-3,5-6,8-11,22H,4,7,12-14H2,(H,23,24,26). The van der Waals surface area contributed by atoms with Crippen LogP contribution in [0.2, 0.25) is 0 Å². The number of hydrogen-bond acceptors (Lipinski definition) is 7. The van der Waals surface area contributed by atoms with Gasteiger partial charge in [-0.2, -0.15) is 0 Å². The molecule has 0 aliphatic carbocycles. The van der Waals surface area contributed by atoms with E-state index >= 15 is 0 Å². The van der Waals surface area contributed by atoms with E-state index < -0.39 is 10.0 Å². The Balaban J connectivity index is 1.37. The molecule has 1 aromatic heterocycles. The normalized spacial score (nSPS) is 11.4. The third kappa shape index (κ3) is 8.00. The Morgan fingerprint density at radius 3 is 2.55 bits per heavy atom. The number of aromatic nitrogens is 2. The summed E-state index contributed by atoms with van der Waals surface area (Å²) in [5, 5.41) is 11.1. The maximum Gasteiger partial charge on any atom is 0.240 e. The van der Waals surface area contributed by atoms with Gasteiger partial charge in [0.25, 0.3) is 0 Å². The topological polar surface area (TPSA) is 101 Å². The number of carbonyl (C=O) groups excluding carboxylic acids is 1. The van der Waals surface area contributed by atoms with Gasteiger partial charge in [-0.3, -0.25) is 4.79 Å². The molecule has 1 heterocycles. The summed E-state index contributed by atoms with van der Waals surface area (Å²) in [6.45, 7) is -0.00979. The van der Waals surface area contributed by atoms with Gasteiger partial charge in [-0.05, 0) is 42.7 Å². The Morgan fingerprint density at radius 1 is 1.06 bits per heavy atom. The van der Waals surface area contributed by atoms with Gasteiger partial charge < -0.3 is 5.32 Å². The molecule has 1 amide bonds. The van der Waals surface area contributed by atoms with Crippen LogP contribution in [0.15, 0.2) is 68.3 Å². The second-order valence-electron chi connectivity index (χ2n) is 6.46. The molecule has 0 bridgehead atoms. The lowest BCUT2D eigenvalue weighted by atomic mass is 10.1. The van der Waals surface area contributed by atoms with Crippen LogP contribution in [0.25, 0.3) is 0 Å². The summed E-state index contributed by atoms with van der Waals surface area (Å²) >= 11 is 6.18. The molecule has 7 nitrogen and oxygen atoms in total. The molecule has 0 aliphatic heterocycles. The zero-order valence-electron chi connectivity index (χ0n) is 16.5. The fourth-order valence-electron chi connectivity index (χ4n) is 2.58. The number of halogens is 1. The molecule has 0 saturated heterocycles. The largest absolute Gasteiger partial charge is 0.300 e. The molecule has 2 N–H and O–H groups in total. The molecule has 2 aromatic carbocycles. The van der Waals surface area contributed by atoms with Crippen LogP contribution in [0.4, 0.5) is 5.13 Å². The van der Waals surface area contributed by atoms with Crippen LogP contribution >= 0.6 is 39.0 Å². The summed E-state index contributed by atoms with van der Waals surface area (Å²) in [6.07, 6.45) is 2.02. The van der Waals surface area contributed by atoms with E-state index in [4.69, 9.17) is 0 Å². The average molecular weight is 542 g/mol. The fourth-order valence-corrected chi connectivity index (χ4v) is 5.65. The molecule has 3 aromatic rings. The third-order valence-electron chi connectivity index (χ3n) is 4.10. The van der Waals surface area contributed by atoms with Crippen LogP contribution in [0.5, 0.6) is 0 Å². The second-order valence-corrected chi connectivity index (χ2v) is 11.5. The number of benzene rings is 2. The van der Waals surface area contributed by atoms with Crippen molar-refractivity contribution in [2.24, 2.45) is 0 Å². The number of nitrogens with zero attached hydrogens (tertiary/aromatic N) is 2. The van der Waals surface area contributed by atoms with Crippen LogP contribution in [-0.2, 0) is 21.2 Å². The monoisotopic (exact) mass is 540 g/mol. The van der Waals surface area contributed by atoms with E-state index in [-0.39, 0.29) is 23.8 Å². The van der Waals surface area contributed by atoms with E-state index in [0.717, 1.165) is 27.4 Å². The number of amides is 1. The van der Waals surface area contributed by atoms with E-state index in [0.29, 0.717) is 5.13 Å². The van der Waals surface area contributed by atoms with E-state index in [1.807, 2.05) is 18.2 Å². The van der Waals surface area contributed by atoms with Crippen LogP contribution in [-0.4, -0.2) is 36.8 Å². The first kappa shape index (κ1) is 23.9. The van der Waals surface area contributed by atoms with Gasteiger partial charge in [-0.15, -0.1) is 10.2 Å². The predicted octanol–water partition coefficient (Wildman–Crippen LogP) is 4.33. The number of sulfonamides is 1. The lowest BCUT2D eigenvalue weighted by Crippen LogP contribution is -2.27. The van der Waals surface area contributed by atoms with Crippen LogP contribution in [0, 0.1) is 0 Å². The first-order valence-corrected chi connectivity index (χ1v) is 13.6. The van der Waals surface area contributed by atoms with Gasteiger partial charge in [0.1, 0.15) is 0 Å². The fraction of sp³-hybridized carbons (Fsp3) is 0.250. The smallest absolute Gasteiger partial charge is 0.240 e. The number of aryl methyl sites for hydroxylation is 1. The number of anilines is 1. The highest BCUT2D eigenvalue weighted by Gasteiger charge is 2.15. The number of thioether (sulfide) groups is 1. The number of carbonyl (C=O) groups is 1. The molecule has 0 saturated carbocycles. The first-order valence-electron chi connectivity index (χ1n) is 9.48. The van der Waals surface area contributed by atoms with Crippen molar-refractivity contribution in [3.8, 4) is 0 Å². The molecule has 0 aliphatic rings. The third-order valence-corrected chi connectivity index (χ3v) is 8.16. The highest BCUT2D eigenvalue weighted by atomic mass is 79.9. The molecular weight excluding hydrogens is 520 g/mol. The molecular formula is C20H21BrN4O3S3. The van der Waals surface area contributed by atoms with Gasteiger partial charge in [0.2, 0.25) is 21.1 Å². The molecule has 0 spiro atoms. The Labute approximate surface area is 198 Å². The minimum atomic E-state index is -3.65. The number of rotatable bonds is 11. The van der Waals surface area contributed by atoms with Gasteiger partial charge in [-0.1, -0.05) is 69.4 Å². The summed E-state index contributed by atoms with van der Waals surface area (Å²) in [4.78, 5) is 12.2. The van der Waals surface area contributed by atoms with Gasteiger partial charge in [-0.25, -0.2) is 13.1 Å². The zero-order chi connectivity index (χ0) is 22.1. The average Bonchev–Trinajstić information content (AvgIpc) is 3.19. The van der Waals surface area contributed by atoms with Crippen molar-refractivity contribution in [3.05, 3.63) is 64.6 Å². The number of hydrogen-bond donors (Lipinski definition) is 2. The molecule has 31 heavy (non-hydrogen) atoms. The van der Waals surface area contributed by atoms with E-state index in [1.54, 1.807) is 23.9 Å². The summed E-state index contributed by atoms with van der Waals surface area (Å²) in [7, 11) is -3.65. The summed E-state index contributed by atoms with van der Waals surface area (Å²) in [6, 6.07) is 16.6. The van der Waals surface area contributed by atoms with Crippen LogP contribution in [0.1, 0.15) is 18.4 Å². The van der Waals surface area contributed by atoms with Crippen LogP contribution in [0.3, 0.4) is 0 Å². The van der Waals surface area contributed by atoms with E-state index in [2.05, 4.69) is 48.3 Å². The Morgan fingerprint density at radius 2 is 1.81 bits per heavy atom. The van der Waals surface area contributed by atoms with Gasteiger partial charge >= 0.3 is 0 Å². The number of nitrogens with one attached hydrogen (secondary N) is 2. The van der Waals surface area contributed by atoms with Crippen molar-refractivity contribution >= 4 is 60.1 Å². The minimum absolute atomic E-state index is 0.00507. The summed E-state index contributed by atoms with van der Waals surface area (Å²) < 4.78 is 28.4. The minimum Gasteiger partial charge on any atom is -0.300 e. The quantitative estimate of drug-likeness (QED) is 0.213. The lowest BCUT2D eigenvalue weighted by Gasteiger charge is -2.06.